The Morgan fingerprint density at radius 3 is 2.69 bits per heavy atom. The lowest BCUT2D eigenvalue weighted by atomic mass is 10.1. The fraction of sp³-hybridized carbons (Fsp3) is 0.250. The summed E-state index contributed by atoms with van der Waals surface area (Å²) >= 11 is 3.43. The fourth-order valence-corrected chi connectivity index (χ4v) is 5.31. The molecule has 3 aromatic rings. The van der Waals surface area contributed by atoms with Crippen LogP contribution in [0.1, 0.15) is 46.1 Å². The van der Waals surface area contributed by atoms with Gasteiger partial charge < -0.3 is 4.90 Å². The Bertz CT molecular complexity index is 1080. The van der Waals surface area contributed by atoms with E-state index in [1.807, 2.05) is 25.2 Å². The number of thiophene rings is 1. The third-order valence-corrected chi connectivity index (χ3v) is 7.24. The molecule has 0 unspecified atom stereocenters. The van der Waals surface area contributed by atoms with E-state index in [1.165, 1.54) is 15.3 Å². The maximum atomic E-state index is 12.9. The van der Waals surface area contributed by atoms with Crippen molar-refractivity contribution >= 4 is 40.4 Å². The van der Waals surface area contributed by atoms with Crippen LogP contribution in [-0.4, -0.2) is 30.1 Å². The highest BCUT2D eigenvalue weighted by Crippen LogP contribution is 2.42. The molecule has 1 aromatic heterocycles. The van der Waals surface area contributed by atoms with E-state index < -0.39 is 0 Å². The van der Waals surface area contributed by atoms with Gasteiger partial charge in [-0.25, -0.2) is 4.99 Å². The quantitative estimate of drug-likeness (QED) is 0.366. The molecule has 2 aromatic carbocycles. The smallest absolute Gasteiger partial charge is 0.253 e. The molecule has 0 N–H and O–H groups in total. The number of aryl methyl sites for hydroxylation is 1. The van der Waals surface area contributed by atoms with Crippen LogP contribution >= 0.6 is 23.1 Å². The summed E-state index contributed by atoms with van der Waals surface area (Å²) in [6.45, 7) is 5.03. The van der Waals surface area contributed by atoms with Gasteiger partial charge in [0, 0.05) is 34.5 Å². The van der Waals surface area contributed by atoms with Crippen molar-refractivity contribution in [1.29, 1.82) is 0 Å². The summed E-state index contributed by atoms with van der Waals surface area (Å²) in [5.41, 5.74) is 4.92. The van der Waals surface area contributed by atoms with E-state index in [4.69, 9.17) is 4.99 Å². The number of hydrogen-bond acceptors (Lipinski definition) is 4. The summed E-state index contributed by atoms with van der Waals surface area (Å²) in [6, 6.07) is 16.4. The first kappa shape index (κ1) is 19.9. The van der Waals surface area contributed by atoms with Crippen molar-refractivity contribution in [3.05, 3.63) is 75.5 Å². The average Bonchev–Trinajstić information content (AvgIpc) is 3.09. The normalized spacial score (nSPS) is 12.6. The third kappa shape index (κ3) is 4.02. The van der Waals surface area contributed by atoms with E-state index in [1.54, 1.807) is 28.0 Å². The number of amides is 1. The summed E-state index contributed by atoms with van der Waals surface area (Å²) in [6.07, 6.45) is 2.09. The molecule has 148 valence electrons. The zero-order chi connectivity index (χ0) is 20.4. The number of aliphatic imine (C=N–C) groups is 1. The second kappa shape index (κ2) is 8.56. The molecule has 0 spiro atoms. The number of benzene rings is 2. The zero-order valence-corrected chi connectivity index (χ0v) is 18.6. The minimum atomic E-state index is 0.0528. The van der Waals surface area contributed by atoms with Gasteiger partial charge in [-0.05, 0) is 54.6 Å². The van der Waals surface area contributed by atoms with Gasteiger partial charge in [0.15, 0.2) is 0 Å². The van der Waals surface area contributed by atoms with Crippen LogP contribution < -0.4 is 0 Å². The van der Waals surface area contributed by atoms with E-state index >= 15 is 0 Å². The van der Waals surface area contributed by atoms with Crippen molar-refractivity contribution in [2.24, 2.45) is 4.99 Å². The first-order chi connectivity index (χ1) is 14.1. The summed E-state index contributed by atoms with van der Waals surface area (Å²) in [4.78, 5) is 23.2. The molecule has 3 nitrogen and oxygen atoms in total. The predicted molar refractivity (Wildman–Crippen MR) is 123 cm³/mol. The number of hydrogen-bond donors (Lipinski definition) is 0. The maximum absolute atomic E-state index is 12.9. The number of carbonyl (C=O) groups excluding carboxylic acids is 1. The Labute approximate surface area is 180 Å². The van der Waals surface area contributed by atoms with Gasteiger partial charge in [0.2, 0.25) is 0 Å². The molecule has 0 aliphatic carbocycles. The highest BCUT2D eigenvalue weighted by Gasteiger charge is 2.22. The fourth-order valence-electron chi connectivity index (χ4n) is 3.38. The lowest BCUT2D eigenvalue weighted by molar-refractivity contribution is 0.0793. The molecule has 4 rings (SSSR count). The van der Waals surface area contributed by atoms with Crippen LogP contribution in [0.25, 0.3) is 0 Å². The van der Waals surface area contributed by atoms with Crippen LogP contribution in [0.3, 0.4) is 0 Å². The van der Waals surface area contributed by atoms with Gasteiger partial charge in [-0.3, -0.25) is 4.79 Å². The van der Waals surface area contributed by atoms with Gasteiger partial charge in [-0.1, -0.05) is 43.3 Å². The summed E-state index contributed by atoms with van der Waals surface area (Å²) in [7, 11) is 1.87. The summed E-state index contributed by atoms with van der Waals surface area (Å²) < 4.78 is 0. The van der Waals surface area contributed by atoms with E-state index in [9.17, 15) is 4.79 Å². The van der Waals surface area contributed by atoms with Crippen molar-refractivity contribution in [2.45, 2.75) is 36.5 Å². The van der Waals surface area contributed by atoms with Crippen LogP contribution in [-0.2, 0) is 0 Å². The topological polar surface area (TPSA) is 32.7 Å². The van der Waals surface area contributed by atoms with Crippen LogP contribution in [0.2, 0.25) is 0 Å². The van der Waals surface area contributed by atoms with Gasteiger partial charge >= 0.3 is 0 Å². The van der Waals surface area contributed by atoms with Crippen LogP contribution in [0, 0.1) is 6.92 Å². The molecule has 0 radical (unpaired) electrons. The Morgan fingerprint density at radius 2 is 1.93 bits per heavy atom. The Kier molecular flexibility index (Phi) is 5.88. The van der Waals surface area contributed by atoms with E-state index in [-0.39, 0.29) is 5.91 Å². The minimum absolute atomic E-state index is 0.0528. The lowest BCUT2D eigenvalue weighted by Crippen LogP contribution is -2.27. The van der Waals surface area contributed by atoms with E-state index in [0.29, 0.717) is 5.56 Å². The molecule has 5 heteroatoms. The number of fused-ring (bicyclic) bond motifs is 2. The van der Waals surface area contributed by atoms with E-state index in [0.717, 1.165) is 41.2 Å². The molecule has 1 aliphatic heterocycles. The van der Waals surface area contributed by atoms with Crippen molar-refractivity contribution in [1.82, 2.24) is 4.90 Å². The Hall–Kier alpha value is -2.37. The van der Waals surface area contributed by atoms with Gasteiger partial charge in [-0.2, -0.15) is 0 Å². The van der Waals surface area contributed by atoms with Gasteiger partial charge in [0.25, 0.3) is 5.91 Å². The molecule has 1 amide bonds. The number of rotatable bonds is 5. The summed E-state index contributed by atoms with van der Waals surface area (Å²) in [5.74, 6) is 0.0528. The molecular weight excluding hydrogens is 396 g/mol. The number of unbranched alkanes of at least 4 members (excludes halogenated alkanes) is 1. The molecule has 1 aliphatic rings. The van der Waals surface area contributed by atoms with Crippen LogP contribution in [0.4, 0.5) is 5.69 Å². The SMILES string of the molecule is CCCCN(C)C(=O)c1ccc2c(c1)N=C(c1sccc1C)c1ccccc1S2. The highest BCUT2D eigenvalue weighted by atomic mass is 32.2. The first-order valence-corrected chi connectivity index (χ1v) is 11.6. The van der Waals surface area contributed by atoms with Crippen molar-refractivity contribution in [2.75, 3.05) is 13.6 Å². The summed E-state index contributed by atoms with van der Waals surface area (Å²) in [5, 5.41) is 2.11. The number of carbonyl (C=O) groups is 1. The molecule has 0 saturated carbocycles. The molecule has 0 bridgehead atoms. The molecule has 0 atom stereocenters. The average molecular weight is 421 g/mol. The second-order valence-electron chi connectivity index (χ2n) is 7.25. The molecular formula is C24H24N2OS2. The third-order valence-electron chi connectivity index (χ3n) is 5.07. The Morgan fingerprint density at radius 1 is 1.10 bits per heavy atom. The monoisotopic (exact) mass is 420 g/mol. The van der Waals surface area contributed by atoms with Crippen molar-refractivity contribution < 1.29 is 4.79 Å². The lowest BCUT2D eigenvalue weighted by Gasteiger charge is -2.17. The standard InChI is InChI=1S/C24H24N2OS2/c1-4-5-13-26(3)24(27)17-10-11-21-19(15-17)25-22(23-16(2)12-14-28-23)18-8-6-7-9-20(18)29-21/h6-12,14-15H,4-5,13H2,1-3H3. The van der Waals surface area contributed by atoms with Crippen molar-refractivity contribution in [3.8, 4) is 0 Å². The van der Waals surface area contributed by atoms with Gasteiger partial charge in [0.05, 0.1) is 16.3 Å². The molecule has 0 saturated heterocycles. The number of nitrogens with zero attached hydrogens (tertiary/aromatic N) is 2. The minimum Gasteiger partial charge on any atom is -0.342 e. The predicted octanol–water partition coefficient (Wildman–Crippen LogP) is 6.56. The van der Waals surface area contributed by atoms with E-state index in [2.05, 4.69) is 49.6 Å². The first-order valence-electron chi connectivity index (χ1n) is 9.88. The molecule has 0 fully saturated rings. The highest BCUT2D eigenvalue weighted by molar-refractivity contribution is 7.99. The van der Waals surface area contributed by atoms with Crippen LogP contribution in [0.15, 0.2) is 68.7 Å². The zero-order valence-electron chi connectivity index (χ0n) is 16.9. The van der Waals surface area contributed by atoms with Crippen LogP contribution in [0.5, 0.6) is 0 Å². The molecule has 29 heavy (non-hydrogen) atoms. The largest absolute Gasteiger partial charge is 0.342 e. The van der Waals surface area contributed by atoms with Crippen molar-refractivity contribution in [3.63, 3.8) is 0 Å². The maximum Gasteiger partial charge on any atom is 0.253 e. The Balaban J connectivity index is 1.80. The van der Waals surface area contributed by atoms with Gasteiger partial charge in [-0.15, -0.1) is 11.3 Å². The molecule has 2 heterocycles. The van der Waals surface area contributed by atoms with Gasteiger partial charge in [0.1, 0.15) is 0 Å². The second-order valence-corrected chi connectivity index (χ2v) is 9.25.